The summed E-state index contributed by atoms with van der Waals surface area (Å²) < 4.78 is 6.44. The maximum atomic E-state index is 6.44. The zero-order valence-corrected chi connectivity index (χ0v) is 12.9. The number of ether oxygens (including phenoxy) is 1. The Morgan fingerprint density at radius 3 is 2.62 bits per heavy atom. The van der Waals surface area contributed by atoms with E-state index in [0.717, 1.165) is 12.2 Å². The molecule has 0 saturated carbocycles. The zero-order valence-electron chi connectivity index (χ0n) is 12.9. The summed E-state index contributed by atoms with van der Waals surface area (Å²) in [6.45, 7) is 4.61. The lowest BCUT2D eigenvalue weighted by Crippen LogP contribution is -2.37. The number of hydrogen-bond acceptors (Lipinski definition) is 2. The number of nitrogens with zero attached hydrogens (tertiary/aromatic N) is 1. The van der Waals surface area contributed by atoms with Crippen molar-refractivity contribution in [3.8, 4) is 5.75 Å². The van der Waals surface area contributed by atoms with Crippen LogP contribution in [0.15, 0.2) is 42.5 Å². The minimum atomic E-state index is 0.234. The van der Waals surface area contributed by atoms with Crippen LogP contribution in [-0.4, -0.2) is 24.2 Å². The van der Waals surface area contributed by atoms with Crippen LogP contribution >= 0.6 is 0 Å². The molecule has 1 unspecified atom stereocenters. The van der Waals surface area contributed by atoms with E-state index in [1.807, 2.05) is 0 Å². The van der Waals surface area contributed by atoms with Crippen molar-refractivity contribution in [2.24, 2.45) is 0 Å². The average molecular weight is 283 g/mol. The van der Waals surface area contributed by atoms with Gasteiger partial charge in [-0.25, -0.2) is 0 Å². The molecule has 2 heteroatoms. The molecule has 21 heavy (non-hydrogen) atoms. The Kier molecular flexibility index (Phi) is 4.76. The van der Waals surface area contributed by atoms with Crippen molar-refractivity contribution in [2.45, 2.75) is 45.3 Å². The fraction of sp³-hybridized carbons (Fsp3) is 0.474. The second kappa shape index (κ2) is 6.95. The van der Waals surface area contributed by atoms with Gasteiger partial charge in [-0.3, -0.25) is 4.90 Å². The van der Waals surface area contributed by atoms with Gasteiger partial charge in [-0.1, -0.05) is 49.7 Å². The summed E-state index contributed by atoms with van der Waals surface area (Å²) in [6.07, 6.45) is 6.43. The van der Waals surface area contributed by atoms with Gasteiger partial charge in [0, 0.05) is 18.5 Å². The van der Waals surface area contributed by atoms with E-state index in [0.29, 0.717) is 0 Å². The first-order valence-corrected chi connectivity index (χ1v) is 8.27. The molecule has 0 aliphatic carbocycles. The van der Waals surface area contributed by atoms with Gasteiger partial charge in [-0.15, -0.1) is 0 Å². The number of rotatable bonds is 6. The largest absolute Gasteiger partial charge is 0.474 e. The minimum absolute atomic E-state index is 0.234. The summed E-state index contributed by atoms with van der Waals surface area (Å²) in [4.78, 5) is 2.51. The highest BCUT2D eigenvalue weighted by atomic mass is 16.5. The maximum absolute atomic E-state index is 6.44. The molecule has 0 bridgehead atoms. The van der Waals surface area contributed by atoms with Crippen molar-refractivity contribution in [2.75, 3.05) is 13.1 Å². The third kappa shape index (κ3) is 3.38. The van der Waals surface area contributed by atoms with Crippen molar-refractivity contribution < 1.29 is 4.74 Å². The van der Waals surface area contributed by atoms with Crippen LogP contribution in [0, 0.1) is 0 Å². The molecule has 1 atom stereocenters. The minimum Gasteiger partial charge on any atom is -0.474 e. The Balaban J connectivity index is 1.82. The first-order valence-electron chi connectivity index (χ1n) is 8.27. The van der Waals surface area contributed by atoms with Gasteiger partial charge in [0.25, 0.3) is 0 Å². The molecule has 1 aliphatic rings. The van der Waals surface area contributed by atoms with Crippen molar-refractivity contribution in [1.82, 2.24) is 4.90 Å². The highest BCUT2D eigenvalue weighted by Gasteiger charge is 2.23. The second-order valence-electron chi connectivity index (χ2n) is 5.94. The zero-order chi connectivity index (χ0) is 14.5. The molecule has 1 heterocycles. The lowest BCUT2D eigenvalue weighted by Gasteiger charge is -2.28. The molecular weight excluding hydrogens is 258 g/mol. The molecule has 2 nitrogen and oxygen atoms in total. The summed E-state index contributed by atoms with van der Waals surface area (Å²) in [5.41, 5.74) is 0. The monoisotopic (exact) mass is 283 g/mol. The van der Waals surface area contributed by atoms with E-state index in [-0.39, 0.29) is 6.23 Å². The van der Waals surface area contributed by atoms with Gasteiger partial charge < -0.3 is 4.74 Å². The number of hydrogen-bond donors (Lipinski definition) is 0. The molecule has 0 amide bonds. The number of fused-ring (bicyclic) bond motifs is 1. The fourth-order valence-corrected chi connectivity index (χ4v) is 3.17. The summed E-state index contributed by atoms with van der Waals surface area (Å²) >= 11 is 0. The van der Waals surface area contributed by atoms with Gasteiger partial charge in [0.15, 0.2) is 6.23 Å². The molecule has 112 valence electrons. The topological polar surface area (TPSA) is 12.5 Å². The summed E-state index contributed by atoms with van der Waals surface area (Å²) in [7, 11) is 0. The Bertz CT molecular complexity index is 569. The first-order chi connectivity index (χ1) is 10.4. The molecule has 0 radical (unpaired) electrons. The van der Waals surface area contributed by atoms with E-state index in [4.69, 9.17) is 4.74 Å². The Morgan fingerprint density at radius 1 is 1.05 bits per heavy atom. The molecule has 1 fully saturated rings. The molecule has 2 aromatic carbocycles. The normalized spacial score (nSPS) is 17.2. The average Bonchev–Trinajstić information content (AvgIpc) is 3.06. The highest BCUT2D eigenvalue weighted by Crippen LogP contribution is 2.28. The van der Waals surface area contributed by atoms with Crippen molar-refractivity contribution in [3.63, 3.8) is 0 Å². The molecule has 1 aliphatic heterocycles. The Morgan fingerprint density at radius 2 is 1.81 bits per heavy atom. The lowest BCUT2D eigenvalue weighted by molar-refractivity contribution is 0.0358. The van der Waals surface area contributed by atoms with E-state index < -0.39 is 0 Å². The third-order valence-corrected chi connectivity index (χ3v) is 4.37. The van der Waals surface area contributed by atoms with Crippen LogP contribution in [0.5, 0.6) is 5.75 Å². The van der Waals surface area contributed by atoms with Crippen LogP contribution in [0.2, 0.25) is 0 Å². The van der Waals surface area contributed by atoms with Crippen LogP contribution < -0.4 is 4.74 Å². The highest BCUT2D eigenvalue weighted by molar-refractivity contribution is 5.88. The fourth-order valence-electron chi connectivity index (χ4n) is 3.17. The molecule has 0 spiro atoms. The van der Waals surface area contributed by atoms with Gasteiger partial charge >= 0.3 is 0 Å². The van der Waals surface area contributed by atoms with Gasteiger partial charge in [0.1, 0.15) is 5.75 Å². The number of likely N-dealkylation sites (tertiary alicyclic amines) is 1. The Hall–Kier alpha value is -1.54. The quantitative estimate of drug-likeness (QED) is 0.753. The molecule has 2 aromatic rings. The lowest BCUT2D eigenvalue weighted by atomic mass is 10.1. The number of unbranched alkanes of at least 4 members (excludes halogenated alkanes) is 1. The molecule has 3 rings (SSSR count). The van der Waals surface area contributed by atoms with Crippen molar-refractivity contribution >= 4 is 10.8 Å². The van der Waals surface area contributed by atoms with E-state index in [9.17, 15) is 0 Å². The molecule has 1 saturated heterocycles. The first kappa shape index (κ1) is 14.4. The van der Waals surface area contributed by atoms with Crippen LogP contribution in [-0.2, 0) is 0 Å². The van der Waals surface area contributed by atoms with E-state index in [1.165, 1.54) is 49.5 Å². The van der Waals surface area contributed by atoms with Crippen molar-refractivity contribution in [1.29, 1.82) is 0 Å². The van der Waals surface area contributed by atoms with Crippen LogP contribution in [0.3, 0.4) is 0 Å². The van der Waals surface area contributed by atoms with E-state index in [1.54, 1.807) is 0 Å². The standard InChI is InChI=1S/C19H25NO/c1-2-3-13-19(20-14-6-7-15-20)21-18-12-8-10-16-9-4-5-11-17(16)18/h4-5,8-12,19H,2-3,6-7,13-15H2,1H3. The van der Waals surface area contributed by atoms with Crippen LogP contribution in [0.1, 0.15) is 39.0 Å². The second-order valence-corrected chi connectivity index (χ2v) is 5.94. The van der Waals surface area contributed by atoms with Gasteiger partial charge in [0.05, 0.1) is 0 Å². The summed E-state index contributed by atoms with van der Waals surface area (Å²) in [5.74, 6) is 1.03. The van der Waals surface area contributed by atoms with Crippen molar-refractivity contribution in [3.05, 3.63) is 42.5 Å². The van der Waals surface area contributed by atoms with Crippen LogP contribution in [0.25, 0.3) is 10.8 Å². The SMILES string of the molecule is CCCCC(Oc1cccc2ccccc12)N1CCCC1. The van der Waals surface area contributed by atoms with Gasteiger partial charge in [-0.2, -0.15) is 0 Å². The summed E-state index contributed by atoms with van der Waals surface area (Å²) in [6, 6.07) is 14.8. The van der Waals surface area contributed by atoms with Gasteiger partial charge in [-0.05, 0) is 37.1 Å². The van der Waals surface area contributed by atoms with E-state index in [2.05, 4.69) is 54.3 Å². The van der Waals surface area contributed by atoms with E-state index >= 15 is 0 Å². The predicted molar refractivity (Wildman–Crippen MR) is 88.7 cm³/mol. The maximum Gasteiger partial charge on any atom is 0.152 e. The number of benzene rings is 2. The molecule has 0 aromatic heterocycles. The third-order valence-electron chi connectivity index (χ3n) is 4.37. The smallest absolute Gasteiger partial charge is 0.152 e. The molecular formula is C19H25NO. The van der Waals surface area contributed by atoms with Gasteiger partial charge in [0.2, 0.25) is 0 Å². The van der Waals surface area contributed by atoms with Crippen LogP contribution in [0.4, 0.5) is 0 Å². The summed E-state index contributed by atoms with van der Waals surface area (Å²) in [5, 5.41) is 2.48. The molecule has 0 N–H and O–H groups in total. The predicted octanol–water partition coefficient (Wildman–Crippen LogP) is 4.83. The Labute approximate surface area is 127 Å².